The molecule has 0 amide bonds. The summed E-state index contributed by atoms with van der Waals surface area (Å²) in [5.74, 6) is 0.799. The maximum Gasteiger partial charge on any atom is 0.418 e. The Morgan fingerprint density at radius 1 is 1.08 bits per heavy atom. The van der Waals surface area contributed by atoms with E-state index in [2.05, 4.69) is 10.2 Å². The van der Waals surface area contributed by atoms with Crippen LogP contribution in [0.5, 0.6) is 0 Å². The van der Waals surface area contributed by atoms with Gasteiger partial charge in [0.15, 0.2) is 0 Å². The lowest BCUT2D eigenvalue weighted by Crippen LogP contribution is -2.49. The van der Waals surface area contributed by atoms with Gasteiger partial charge in [0.05, 0.1) is 43.2 Å². The van der Waals surface area contributed by atoms with Crippen molar-refractivity contribution in [3.63, 3.8) is 0 Å². The molecule has 2 saturated heterocycles. The van der Waals surface area contributed by atoms with Gasteiger partial charge in [0.2, 0.25) is 0 Å². The molecule has 3 aromatic heterocycles. The van der Waals surface area contributed by atoms with Gasteiger partial charge in [0.1, 0.15) is 12.2 Å². The molecule has 5 heterocycles. The number of pyridine rings is 1. The first-order chi connectivity index (χ1) is 18.2. The van der Waals surface area contributed by atoms with Crippen molar-refractivity contribution in [2.75, 3.05) is 39.5 Å². The minimum absolute atomic E-state index is 0.181. The summed E-state index contributed by atoms with van der Waals surface area (Å²) in [7, 11) is 1.87. The van der Waals surface area contributed by atoms with Crippen LogP contribution in [0.3, 0.4) is 0 Å². The lowest BCUT2D eigenvalue weighted by Gasteiger charge is -2.41. The Bertz CT molecular complexity index is 1530. The van der Waals surface area contributed by atoms with E-state index in [1.165, 1.54) is 17.0 Å². The highest BCUT2D eigenvalue weighted by Gasteiger charge is 2.42. The van der Waals surface area contributed by atoms with Crippen LogP contribution in [0, 0.1) is 0 Å². The Morgan fingerprint density at radius 3 is 2.53 bits per heavy atom. The number of fused-ring (bicyclic) bond motifs is 1. The van der Waals surface area contributed by atoms with E-state index in [0.717, 1.165) is 21.9 Å². The summed E-state index contributed by atoms with van der Waals surface area (Å²) in [5.41, 5.74) is -0.0880. The van der Waals surface area contributed by atoms with E-state index in [1.807, 2.05) is 34.7 Å². The van der Waals surface area contributed by atoms with Gasteiger partial charge in [-0.3, -0.25) is 13.9 Å². The molecule has 0 unspecified atom stereocenters. The van der Waals surface area contributed by atoms with Crippen molar-refractivity contribution in [3.8, 4) is 5.69 Å². The van der Waals surface area contributed by atoms with E-state index in [-0.39, 0.29) is 10.9 Å². The van der Waals surface area contributed by atoms with Gasteiger partial charge in [-0.1, -0.05) is 12.1 Å². The van der Waals surface area contributed by atoms with Gasteiger partial charge in [0, 0.05) is 50.9 Å². The van der Waals surface area contributed by atoms with Gasteiger partial charge in [-0.2, -0.15) is 13.2 Å². The Balaban J connectivity index is 1.41. The SMILES string of the molecule is Cn1cnnc1CC1(c2cccc(-n3cc4c(C(F)(F)F)cc(CN5CCOCC5)cn4c3=O)c2)COC1. The highest BCUT2D eigenvalue weighted by molar-refractivity contribution is 5.58. The maximum atomic E-state index is 14.1. The highest BCUT2D eigenvalue weighted by Crippen LogP contribution is 2.37. The number of imidazole rings is 1. The number of halogens is 3. The number of hydrogen-bond acceptors (Lipinski definition) is 6. The summed E-state index contributed by atoms with van der Waals surface area (Å²) in [6.45, 7) is 3.57. The fraction of sp³-hybridized carbons (Fsp3) is 0.423. The second-order valence-electron chi connectivity index (χ2n) is 10.0. The summed E-state index contributed by atoms with van der Waals surface area (Å²) in [6, 6.07) is 8.48. The van der Waals surface area contributed by atoms with Crippen molar-refractivity contribution < 1.29 is 22.6 Å². The van der Waals surface area contributed by atoms with Crippen LogP contribution in [0.2, 0.25) is 0 Å². The van der Waals surface area contributed by atoms with Crippen LogP contribution < -0.4 is 5.69 Å². The van der Waals surface area contributed by atoms with Crippen molar-refractivity contribution in [1.29, 1.82) is 0 Å². The number of aromatic nitrogens is 5. The van der Waals surface area contributed by atoms with Gasteiger partial charge in [0.25, 0.3) is 0 Å². The Labute approximate surface area is 216 Å². The molecule has 4 aromatic rings. The molecule has 0 radical (unpaired) electrons. The van der Waals surface area contributed by atoms with E-state index < -0.39 is 17.4 Å². The third-order valence-electron chi connectivity index (χ3n) is 7.43. The van der Waals surface area contributed by atoms with Crippen LogP contribution in [-0.2, 0) is 41.1 Å². The Kier molecular flexibility index (Phi) is 6.12. The Morgan fingerprint density at radius 2 is 1.87 bits per heavy atom. The molecule has 9 nitrogen and oxygen atoms in total. The van der Waals surface area contributed by atoms with E-state index >= 15 is 0 Å². The molecular weight excluding hydrogens is 501 g/mol. The van der Waals surface area contributed by atoms with Crippen molar-refractivity contribution in [2.45, 2.75) is 24.6 Å². The summed E-state index contributed by atoms with van der Waals surface area (Å²) in [4.78, 5) is 15.5. The van der Waals surface area contributed by atoms with E-state index in [9.17, 15) is 18.0 Å². The molecular formula is C26H27F3N6O3. The standard InChI is InChI=1S/C26H27F3N6O3/c1-32-17-30-31-23(32)11-25(15-38-16-25)19-3-2-4-20(10-19)34-14-22-21(26(27,28)29)9-18(13-35(22)24(34)36)12-33-5-7-37-8-6-33/h2-4,9-10,13-14,17H,5-8,11-12,15-16H2,1H3. The number of aryl methyl sites for hydroxylation is 1. The van der Waals surface area contributed by atoms with Gasteiger partial charge < -0.3 is 14.0 Å². The number of nitrogens with zero attached hydrogens (tertiary/aromatic N) is 6. The van der Waals surface area contributed by atoms with Crippen LogP contribution in [0.15, 0.2) is 53.8 Å². The predicted octanol–water partition coefficient (Wildman–Crippen LogP) is 2.58. The van der Waals surface area contributed by atoms with Gasteiger partial charge in [-0.05, 0) is 29.3 Å². The maximum absolute atomic E-state index is 14.1. The molecule has 200 valence electrons. The number of benzene rings is 1. The van der Waals surface area contributed by atoms with Crippen LogP contribution in [0.25, 0.3) is 11.2 Å². The summed E-state index contributed by atoms with van der Waals surface area (Å²) < 4.78 is 57.5. The minimum atomic E-state index is -4.61. The number of morpholine rings is 1. The topological polar surface area (TPSA) is 78.8 Å². The van der Waals surface area contributed by atoms with E-state index in [0.29, 0.717) is 63.7 Å². The van der Waals surface area contributed by atoms with Crippen molar-refractivity contribution >= 4 is 5.52 Å². The van der Waals surface area contributed by atoms with Gasteiger partial charge in [-0.25, -0.2) is 4.79 Å². The first-order valence-electron chi connectivity index (χ1n) is 12.4. The molecule has 0 N–H and O–H groups in total. The second-order valence-corrected chi connectivity index (χ2v) is 10.0. The molecule has 38 heavy (non-hydrogen) atoms. The number of rotatable bonds is 6. The van der Waals surface area contributed by atoms with Crippen molar-refractivity contribution in [1.82, 2.24) is 28.6 Å². The fourth-order valence-corrected chi connectivity index (χ4v) is 5.24. The molecule has 12 heteroatoms. The second kappa shape index (κ2) is 9.37. The summed E-state index contributed by atoms with van der Waals surface area (Å²) in [6.07, 6.45) is 0.392. The van der Waals surface area contributed by atoms with E-state index in [1.54, 1.807) is 12.4 Å². The molecule has 0 aliphatic carbocycles. The zero-order valence-corrected chi connectivity index (χ0v) is 20.8. The lowest BCUT2D eigenvalue weighted by atomic mass is 9.75. The lowest BCUT2D eigenvalue weighted by molar-refractivity contribution is -0.136. The molecule has 2 aliphatic rings. The Hall–Kier alpha value is -3.48. The number of ether oxygens (including phenoxy) is 2. The molecule has 0 spiro atoms. The third kappa shape index (κ3) is 4.42. The van der Waals surface area contributed by atoms with Crippen LogP contribution in [0.1, 0.15) is 22.5 Å². The van der Waals surface area contributed by atoms with E-state index in [4.69, 9.17) is 9.47 Å². The smallest absolute Gasteiger partial charge is 0.379 e. The monoisotopic (exact) mass is 528 g/mol. The zero-order chi connectivity index (χ0) is 26.5. The van der Waals surface area contributed by atoms with Gasteiger partial charge >= 0.3 is 11.9 Å². The fourth-order valence-electron chi connectivity index (χ4n) is 5.24. The highest BCUT2D eigenvalue weighted by atomic mass is 19.4. The molecule has 0 bridgehead atoms. The van der Waals surface area contributed by atoms with Gasteiger partial charge in [-0.15, -0.1) is 10.2 Å². The largest absolute Gasteiger partial charge is 0.418 e. The predicted molar refractivity (Wildman–Crippen MR) is 131 cm³/mol. The number of hydrogen-bond donors (Lipinski definition) is 0. The average Bonchev–Trinajstić information content (AvgIpc) is 3.43. The molecule has 6 rings (SSSR count). The number of alkyl halides is 3. The average molecular weight is 529 g/mol. The van der Waals surface area contributed by atoms with Crippen LogP contribution in [0.4, 0.5) is 13.2 Å². The summed E-state index contributed by atoms with van der Waals surface area (Å²) in [5, 5.41) is 8.15. The normalized spacial score (nSPS) is 18.1. The molecule has 2 aliphatic heterocycles. The molecule has 0 saturated carbocycles. The minimum Gasteiger partial charge on any atom is -0.379 e. The van der Waals surface area contributed by atoms with Crippen LogP contribution >= 0.6 is 0 Å². The third-order valence-corrected chi connectivity index (χ3v) is 7.43. The van der Waals surface area contributed by atoms with Crippen molar-refractivity contribution in [2.24, 2.45) is 7.05 Å². The first-order valence-corrected chi connectivity index (χ1v) is 12.4. The summed E-state index contributed by atoms with van der Waals surface area (Å²) >= 11 is 0. The zero-order valence-electron chi connectivity index (χ0n) is 20.8. The van der Waals surface area contributed by atoms with Crippen molar-refractivity contribution in [3.05, 3.63) is 82.1 Å². The van der Waals surface area contributed by atoms with Crippen LogP contribution in [-0.4, -0.2) is 68.1 Å². The first kappa shape index (κ1) is 24.8. The molecule has 2 fully saturated rings. The molecule has 1 aromatic carbocycles. The molecule has 0 atom stereocenters. The quantitative estimate of drug-likeness (QED) is 0.383.